The molecule has 0 bridgehead atoms. The molecule has 0 saturated carbocycles. The number of rotatable bonds is 5. The van der Waals surface area contributed by atoms with Crippen molar-refractivity contribution in [2.24, 2.45) is 0 Å². The molecule has 0 spiro atoms. The van der Waals surface area contributed by atoms with Crippen LogP contribution in [0.1, 0.15) is 17.2 Å². The predicted molar refractivity (Wildman–Crippen MR) is 87.9 cm³/mol. The molecule has 0 amide bonds. The Balaban J connectivity index is 1.77. The van der Waals surface area contributed by atoms with Crippen molar-refractivity contribution < 1.29 is 9.47 Å². The maximum atomic E-state index is 6.22. The number of hydrogen-bond acceptors (Lipinski definition) is 2. The van der Waals surface area contributed by atoms with Gasteiger partial charge in [-0.2, -0.15) is 0 Å². The first-order valence-electron chi connectivity index (χ1n) is 7.67. The first kappa shape index (κ1) is 13.5. The zero-order chi connectivity index (χ0) is 14.8. The van der Waals surface area contributed by atoms with Crippen molar-refractivity contribution in [1.82, 2.24) is 0 Å². The van der Waals surface area contributed by atoms with E-state index in [1.165, 1.54) is 21.9 Å². The number of epoxide rings is 1. The second-order valence-corrected chi connectivity index (χ2v) is 5.65. The van der Waals surface area contributed by atoms with Crippen molar-refractivity contribution in [2.45, 2.75) is 12.2 Å². The average Bonchev–Trinajstić information content (AvgIpc) is 3.41. The van der Waals surface area contributed by atoms with Gasteiger partial charge in [-0.25, -0.2) is 0 Å². The van der Waals surface area contributed by atoms with Crippen LogP contribution >= 0.6 is 0 Å². The zero-order valence-corrected chi connectivity index (χ0v) is 12.3. The van der Waals surface area contributed by atoms with Gasteiger partial charge in [0.25, 0.3) is 0 Å². The fourth-order valence-corrected chi connectivity index (χ4v) is 2.84. The minimum absolute atomic E-state index is 0.0588. The highest BCUT2D eigenvalue weighted by Crippen LogP contribution is 2.32. The summed E-state index contributed by atoms with van der Waals surface area (Å²) in [5.74, 6) is 0. The summed E-state index contributed by atoms with van der Waals surface area (Å²) in [4.78, 5) is 0. The monoisotopic (exact) mass is 290 g/mol. The molecule has 3 aromatic carbocycles. The third-order valence-corrected chi connectivity index (χ3v) is 4.06. The highest BCUT2D eigenvalue weighted by molar-refractivity contribution is 5.86. The zero-order valence-electron chi connectivity index (χ0n) is 12.3. The van der Waals surface area contributed by atoms with E-state index in [1.54, 1.807) is 0 Å². The third-order valence-electron chi connectivity index (χ3n) is 4.06. The SMILES string of the molecule is c1ccc(C(OCC2CO2)c2cccc3ccccc23)cc1. The van der Waals surface area contributed by atoms with Crippen molar-refractivity contribution in [3.05, 3.63) is 83.9 Å². The van der Waals surface area contributed by atoms with Crippen molar-refractivity contribution >= 4 is 10.8 Å². The van der Waals surface area contributed by atoms with Crippen LogP contribution in [0.25, 0.3) is 10.8 Å². The van der Waals surface area contributed by atoms with Gasteiger partial charge in [-0.05, 0) is 21.9 Å². The Labute approximate surface area is 130 Å². The van der Waals surface area contributed by atoms with E-state index in [2.05, 4.69) is 66.7 Å². The Morgan fingerprint density at radius 2 is 1.64 bits per heavy atom. The maximum absolute atomic E-state index is 6.22. The van der Waals surface area contributed by atoms with Crippen LogP contribution in [-0.2, 0) is 9.47 Å². The molecule has 3 aromatic rings. The first-order chi connectivity index (χ1) is 10.9. The molecule has 1 aliphatic heterocycles. The molecule has 2 nitrogen and oxygen atoms in total. The molecule has 0 aliphatic carbocycles. The molecule has 0 radical (unpaired) electrons. The molecular weight excluding hydrogens is 272 g/mol. The molecule has 22 heavy (non-hydrogen) atoms. The summed E-state index contributed by atoms with van der Waals surface area (Å²) in [6.45, 7) is 1.46. The van der Waals surface area contributed by atoms with Crippen molar-refractivity contribution in [2.75, 3.05) is 13.2 Å². The summed E-state index contributed by atoms with van der Waals surface area (Å²) in [5, 5.41) is 2.49. The van der Waals surface area contributed by atoms with Gasteiger partial charge >= 0.3 is 0 Å². The van der Waals surface area contributed by atoms with Crippen LogP contribution in [0.15, 0.2) is 72.8 Å². The highest BCUT2D eigenvalue weighted by Gasteiger charge is 2.26. The lowest BCUT2D eigenvalue weighted by Gasteiger charge is -2.20. The van der Waals surface area contributed by atoms with E-state index in [-0.39, 0.29) is 12.2 Å². The molecule has 1 aliphatic rings. The van der Waals surface area contributed by atoms with E-state index in [0.29, 0.717) is 6.61 Å². The molecule has 1 heterocycles. The van der Waals surface area contributed by atoms with Gasteiger partial charge in [-0.3, -0.25) is 0 Å². The summed E-state index contributed by atoms with van der Waals surface area (Å²) in [6.07, 6.45) is 0.206. The van der Waals surface area contributed by atoms with Crippen molar-refractivity contribution in [3.63, 3.8) is 0 Å². The first-order valence-corrected chi connectivity index (χ1v) is 7.67. The van der Waals surface area contributed by atoms with Crippen LogP contribution in [0.5, 0.6) is 0 Å². The van der Waals surface area contributed by atoms with Crippen LogP contribution in [0, 0.1) is 0 Å². The fourth-order valence-electron chi connectivity index (χ4n) is 2.84. The molecule has 0 aromatic heterocycles. The Morgan fingerprint density at radius 1 is 0.909 bits per heavy atom. The molecule has 1 saturated heterocycles. The van der Waals surface area contributed by atoms with E-state index in [0.717, 1.165) is 6.61 Å². The topological polar surface area (TPSA) is 21.8 Å². The van der Waals surface area contributed by atoms with Crippen LogP contribution < -0.4 is 0 Å². The fraction of sp³-hybridized carbons (Fsp3) is 0.200. The Hall–Kier alpha value is -2.16. The summed E-state index contributed by atoms with van der Waals surface area (Å²) >= 11 is 0. The Kier molecular flexibility index (Phi) is 3.63. The summed E-state index contributed by atoms with van der Waals surface area (Å²) in [5.41, 5.74) is 2.39. The standard InChI is InChI=1S/C20H18O2/c1-2-8-16(9-3-1)20(22-14-17-13-21-17)19-12-6-10-15-7-4-5-11-18(15)19/h1-12,17,20H,13-14H2. The van der Waals surface area contributed by atoms with E-state index in [4.69, 9.17) is 9.47 Å². The molecular formula is C20H18O2. The van der Waals surface area contributed by atoms with E-state index in [1.807, 2.05) is 6.07 Å². The highest BCUT2D eigenvalue weighted by atomic mass is 16.6. The van der Waals surface area contributed by atoms with E-state index >= 15 is 0 Å². The number of benzene rings is 3. The van der Waals surface area contributed by atoms with Gasteiger partial charge in [0.2, 0.25) is 0 Å². The summed E-state index contributed by atoms with van der Waals surface area (Å²) in [7, 11) is 0. The minimum Gasteiger partial charge on any atom is -0.371 e. The van der Waals surface area contributed by atoms with E-state index < -0.39 is 0 Å². The maximum Gasteiger partial charge on any atom is 0.108 e. The lowest BCUT2D eigenvalue weighted by atomic mass is 9.96. The Bertz CT molecular complexity index is 758. The van der Waals surface area contributed by atoms with Crippen LogP contribution in [0.2, 0.25) is 0 Å². The van der Waals surface area contributed by atoms with Gasteiger partial charge in [0, 0.05) is 0 Å². The smallest absolute Gasteiger partial charge is 0.108 e. The number of fused-ring (bicyclic) bond motifs is 1. The second kappa shape index (κ2) is 5.91. The molecule has 110 valence electrons. The summed E-state index contributed by atoms with van der Waals surface area (Å²) < 4.78 is 11.5. The number of hydrogen-bond donors (Lipinski definition) is 0. The minimum atomic E-state index is -0.0588. The summed E-state index contributed by atoms with van der Waals surface area (Å²) in [6, 6.07) is 25.3. The van der Waals surface area contributed by atoms with Gasteiger partial charge in [-0.1, -0.05) is 72.8 Å². The molecule has 2 heteroatoms. The van der Waals surface area contributed by atoms with Crippen molar-refractivity contribution in [1.29, 1.82) is 0 Å². The van der Waals surface area contributed by atoms with Gasteiger partial charge < -0.3 is 9.47 Å². The molecule has 4 rings (SSSR count). The lowest BCUT2D eigenvalue weighted by Crippen LogP contribution is -2.11. The molecule has 2 unspecified atom stereocenters. The van der Waals surface area contributed by atoms with Gasteiger partial charge in [0.05, 0.1) is 13.2 Å². The molecule has 0 N–H and O–H groups in total. The van der Waals surface area contributed by atoms with Crippen molar-refractivity contribution in [3.8, 4) is 0 Å². The van der Waals surface area contributed by atoms with Crippen LogP contribution in [-0.4, -0.2) is 19.3 Å². The van der Waals surface area contributed by atoms with Gasteiger partial charge in [0.15, 0.2) is 0 Å². The predicted octanol–water partition coefficient (Wildman–Crippen LogP) is 4.34. The van der Waals surface area contributed by atoms with Crippen LogP contribution in [0.4, 0.5) is 0 Å². The quantitative estimate of drug-likeness (QED) is 0.652. The van der Waals surface area contributed by atoms with Crippen LogP contribution in [0.3, 0.4) is 0 Å². The van der Waals surface area contributed by atoms with E-state index in [9.17, 15) is 0 Å². The number of ether oxygens (including phenoxy) is 2. The van der Waals surface area contributed by atoms with Gasteiger partial charge in [0.1, 0.15) is 12.2 Å². The largest absolute Gasteiger partial charge is 0.371 e. The Morgan fingerprint density at radius 3 is 2.45 bits per heavy atom. The lowest BCUT2D eigenvalue weighted by molar-refractivity contribution is 0.0680. The average molecular weight is 290 g/mol. The van der Waals surface area contributed by atoms with Gasteiger partial charge in [-0.15, -0.1) is 0 Å². The third kappa shape index (κ3) is 2.76. The normalized spacial score (nSPS) is 18.3. The second-order valence-electron chi connectivity index (χ2n) is 5.65. The molecule has 2 atom stereocenters. The molecule has 1 fully saturated rings.